The third-order valence-electron chi connectivity index (χ3n) is 6.34. The summed E-state index contributed by atoms with van der Waals surface area (Å²) < 4.78 is 9.90. The highest BCUT2D eigenvalue weighted by molar-refractivity contribution is 5.89. The van der Waals surface area contributed by atoms with E-state index in [1.165, 1.54) is 26.0 Å². The third kappa shape index (κ3) is 4.09. The molecule has 0 aliphatic heterocycles. The number of hydrogen-bond acceptors (Lipinski definition) is 5. The second-order valence-electron chi connectivity index (χ2n) is 7.98. The number of carbonyl (C=O) groups is 2. The van der Waals surface area contributed by atoms with E-state index >= 15 is 0 Å². The highest BCUT2D eigenvalue weighted by Crippen LogP contribution is 2.66. The van der Waals surface area contributed by atoms with E-state index in [9.17, 15) is 9.59 Å². The molecule has 4 unspecified atom stereocenters. The van der Waals surface area contributed by atoms with Gasteiger partial charge in [0.1, 0.15) is 12.2 Å². The number of esters is 2. The Hall–Kier alpha value is -1.88. The van der Waals surface area contributed by atoms with Crippen molar-refractivity contribution in [2.24, 2.45) is 16.7 Å². The van der Waals surface area contributed by atoms with Crippen molar-refractivity contribution in [1.29, 1.82) is 0 Å². The molecular weight excluding hydrogens is 332 g/mol. The van der Waals surface area contributed by atoms with Crippen LogP contribution in [0.1, 0.15) is 47.0 Å². The molecule has 2 aliphatic carbocycles. The van der Waals surface area contributed by atoms with Crippen LogP contribution in [-0.2, 0) is 19.1 Å². The van der Waals surface area contributed by atoms with Gasteiger partial charge in [0.05, 0.1) is 12.7 Å². The first-order valence-electron chi connectivity index (χ1n) is 8.86. The molecule has 5 heteroatoms. The van der Waals surface area contributed by atoms with E-state index in [0.29, 0.717) is 16.9 Å². The first-order valence-corrected chi connectivity index (χ1v) is 8.86. The minimum atomic E-state index is -1.01. The van der Waals surface area contributed by atoms with Crippen molar-refractivity contribution in [1.82, 2.24) is 0 Å². The summed E-state index contributed by atoms with van der Waals surface area (Å²) in [6.07, 6.45) is 3.78. The molecule has 2 fully saturated rings. The van der Waals surface area contributed by atoms with Crippen molar-refractivity contribution in [3.05, 3.63) is 37.0 Å². The van der Waals surface area contributed by atoms with Gasteiger partial charge in [-0.2, -0.15) is 0 Å². The number of aliphatic hydroxyl groups excluding tert-OH is 1. The molecule has 26 heavy (non-hydrogen) atoms. The summed E-state index contributed by atoms with van der Waals surface area (Å²) >= 11 is 0. The summed E-state index contributed by atoms with van der Waals surface area (Å²) in [7, 11) is 1.23. The molecule has 2 saturated carbocycles. The number of hydrogen-bond donors (Lipinski definition) is 1. The highest BCUT2D eigenvalue weighted by Gasteiger charge is 2.62. The van der Waals surface area contributed by atoms with Gasteiger partial charge in [0.25, 0.3) is 0 Å². The molecule has 0 saturated heterocycles. The molecule has 0 amide bonds. The maximum absolute atomic E-state index is 11.6. The molecule has 146 valence electrons. The Morgan fingerprint density at radius 3 is 2.15 bits per heavy atom. The normalized spacial score (nSPS) is 29.0. The molecule has 5 nitrogen and oxygen atoms in total. The molecule has 0 aromatic rings. The van der Waals surface area contributed by atoms with Crippen molar-refractivity contribution in [2.75, 3.05) is 7.11 Å². The van der Waals surface area contributed by atoms with Crippen molar-refractivity contribution in [2.45, 2.75) is 59.2 Å². The molecule has 0 radical (unpaired) electrons. The minimum Gasteiger partial charge on any atom is -0.466 e. The third-order valence-corrected chi connectivity index (χ3v) is 6.34. The monoisotopic (exact) mass is 364 g/mol. The van der Waals surface area contributed by atoms with Gasteiger partial charge >= 0.3 is 11.9 Å². The summed E-state index contributed by atoms with van der Waals surface area (Å²) in [5.41, 5.74) is 0.956. The van der Waals surface area contributed by atoms with Gasteiger partial charge in [0.2, 0.25) is 0 Å². The zero-order valence-electron chi connectivity index (χ0n) is 16.6. The smallest absolute Gasteiger partial charge is 0.336 e. The van der Waals surface area contributed by atoms with E-state index in [1.54, 1.807) is 6.92 Å². The number of carbonyl (C=O) groups excluding carboxylic acids is 2. The molecule has 0 spiro atoms. The fourth-order valence-electron chi connectivity index (χ4n) is 3.93. The maximum atomic E-state index is 11.6. The van der Waals surface area contributed by atoms with Gasteiger partial charge in [-0.25, -0.2) is 9.59 Å². The summed E-state index contributed by atoms with van der Waals surface area (Å²) in [6, 6.07) is 0. The van der Waals surface area contributed by atoms with Crippen LogP contribution in [-0.4, -0.2) is 36.4 Å². The van der Waals surface area contributed by atoms with Crippen molar-refractivity contribution in [3.63, 3.8) is 0 Å². The Bertz CT molecular complexity index is 604. The van der Waals surface area contributed by atoms with Crippen LogP contribution in [0.25, 0.3) is 0 Å². The maximum Gasteiger partial charge on any atom is 0.336 e. The highest BCUT2D eigenvalue weighted by atomic mass is 16.5. The summed E-state index contributed by atoms with van der Waals surface area (Å²) in [5, 5.41) is 8.91. The molecule has 2 aliphatic rings. The Morgan fingerprint density at radius 1 is 1.23 bits per heavy atom. The standard InChI is InChI=1S/C14H22O2.C7H10O3/c1-9(2)12(15)16-11-8-10-6-7-14(11,5)13(10,3)4;1-4-6(8)5(2)7(9)10-3/h10-11H,1,6-8H2,2-5H3;4,6,8H,1-2H2,3H3. The minimum absolute atomic E-state index is 0.00231. The van der Waals surface area contributed by atoms with E-state index < -0.39 is 12.1 Å². The molecule has 0 aromatic heterocycles. The number of methoxy groups -OCH3 is 1. The van der Waals surface area contributed by atoms with E-state index in [2.05, 4.69) is 45.2 Å². The Morgan fingerprint density at radius 2 is 1.81 bits per heavy atom. The van der Waals surface area contributed by atoms with E-state index in [0.717, 1.165) is 6.42 Å². The molecule has 2 rings (SSSR count). The second kappa shape index (κ2) is 8.21. The fourth-order valence-corrected chi connectivity index (χ4v) is 3.93. The van der Waals surface area contributed by atoms with Crippen LogP contribution >= 0.6 is 0 Å². The number of rotatable bonds is 5. The molecular formula is C21H32O5. The molecule has 2 bridgehead atoms. The van der Waals surface area contributed by atoms with Gasteiger partial charge < -0.3 is 14.6 Å². The van der Waals surface area contributed by atoms with Crippen LogP contribution in [0, 0.1) is 16.7 Å². The summed E-state index contributed by atoms with van der Waals surface area (Å²) in [4.78, 5) is 22.2. The molecule has 1 N–H and O–H groups in total. The Labute approximate surface area is 156 Å². The van der Waals surface area contributed by atoms with Crippen molar-refractivity contribution in [3.8, 4) is 0 Å². The number of fused-ring (bicyclic) bond motifs is 2. The van der Waals surface area contributed by atoms with Crippen molar-refractivity contribution >= 4 is 11.9 Å². The lowest BCUT2D eigenvalue weighted by atomic mass is 9.70. The Balaban J connectivity index is 0.000000294. The van der Waals surface area contributed by atoms with Gasteiger partial charge in [-0.15, -0.1) is 6.58 Å². The van der Waals surface area contributed by atoms with Crippen LogP contribution < -0.4 is 0 Å². The van der Waals surface area contributed by atoms with E-state index in [4.69, 9.17) is 9.84 Å². The predicted octanol–water partition coefficient (Wildman–Crippen LogP) is 3.58. The first-order chi connectivity index (χ1) is 11.9. The van der Waals surface area contributed by atoms with Crippen LogP contribution in [0.5, 0.6) is 0 Å². The van der Waals surface area contributed by atoms with Crippen LogP contribution in [0.15, 0.2) is 37.0 Å². The molecule has 0 heterocycles. The van der Waals surface area contributed by atoms with Crippen LogP contribution in [0.4, 0.5) is 0 Å². The zero-order valence-corrected chi connectivity index (χ0v) is 16.6. The average Bonchev–Trinajstić information content (AvgIpc) is 2.93. The second-order valence-corrected chi connectivity index (χ2v) is 7.98. The van der Waals surface area contributed by atoms with Gasteiger partial charge in [0.15, 0.2) is 0 Å². The lowest BCUT2D eigenvalue weighted by molar-refractivity contribution is -0.151. The zero-order chi connectivity index (χ0) is 20.3. The van der Waals surface area contributed by atoms with Crippen LogP contribution in [0.2, 0.25) is 0 Å². The van der Waals surface area contributed by atoms with Gasteiger partial charge in [-0.3, -0.25) is 0 Å². The largest absolute Gasteiger partial charge is 0.466 e. The number of ether oxygens (including phenoxy) is 2. The SMILES string of the molecule is C=C(C)C(=O)OC1CC2CCC1(C)C2(C)C.C=CC(O)C(=C)C(=O)OC. The van der Waals surface area contributed by atoms with Gasteiger partial charge in [-0.05, 0) is 37.5 Å². The average molecular weight is 364 g/mol. The van der Waals surface area contributed by atoms with Gasteiger partial charge in [0, 0.05) is 11.0 Å². The fraction of sp³-hybridized carbons (Fsp3) is 0.619. The molecule has 0 aromatic carbocycles. The topological polar surface area (TPSA) is 72.8 Å². The van der Waals surface area contributed by atoms with E-state index in [1.807, 2.05) is 0 Å². The lowest BCUT2D eigenvalue weighted by Gasteiger charge is -2.38. The van der Waals surface area contributed by atoms with E-state index in [-0.39, 0.29) is 23.1 Å². The van der Waals surface area contributed by atoms with Crippen LogP contribution in [0.3, 0.4) is 0 Å². The summed E-state index contributed by atoms with van der Waals surface area (Å²) in [5.74, 6) is -0.137. The number of aliphatic hydroxyl groups is 1. The van der Waals surface area contributed by atoms with Crippen molar-refractivity contribution < 1.29 is 24.2 Å². The van der Waals surface area contributed by atoms with Gasteiger partial charge in [-0.1, -0.05) is 40.0 Å². The quantitative estimate of drug-likeness (QED) is 0.458. The Kier molecular flexibility index (Phi) is 7.00. The molecule has 4 atom stereocenters. The predicted molar refractivity (Wildman–Crippen MR) is 101 cm³/mol. The lowest BCUT2D eigenvalue weighted by Crippen LogP contribution is -2.38. The summed E-state index contributed by atoms with van der Waals surface area (Å²) in [6.45, 7) is 18.8. The first kappa shape index (κ1) is 22.2.